The molecule has 1 aromatic heterocycles. The lowest BCUT2D eigenvalue weighted by atomic mass is 10.1. The highest BCUT2D eigenvalue weighted by Crippen LogP contribution is 2.20. The second kappa shape index (κ2) is 6.17. The number of nitrogens with zero attached hydrogens (tertiary/aromatic N) is 2. The van der Waals surface area contributed by atoms with Crippen molar-refractivity contribution in [3.8, 4) is 0 Å². The summed E-state index contributed by atoms with van der Waals surface area (Å²) in [6.07, 6.45) is 10.1. The highest BCUT2D eigenvalue weighted by Gasteiger charge is 2.20. The van der Waals surface area contributed by atoms with E-state index in [2.05, 4.69) is 12.0 Å². The summed E-state index contributed by atoms with van der Waals surface area (Å²) < 4.78 is 7.86. The maximum atomic E-state index is 6.13. The van der Waals surface area contributed by atoms with Gasteiger partial charge in [-0.15, -0.1) is 0 Å². The molecule has 1 aromatic rings. The van der Waals surface area contributed by atoms with E-state index in [9.17, 15) is 0 Å². The SMILES string of the molecule is CCn1cc(COC2CCCCCC2N)cn1. The zero-order valence-corrected chi connectivity index (χ0v) is 10.6. The van der Waals surface area contributed by atoms with Gasteiger partial charge in [-0.2, -0.15) is 5.10 Å². The third-order valence-corrected chi connectivity index (χ3v) is 3.48. The van der Waals surface area contributed by atoms with E-state index in [1.807, 2.05) is 17.1 Å². The van der Waals surface area contributed by atoms with Crippen LogP contribution in [0.1, 0.15) is 44.6 Å². The van der Waals surface area contributed by atoms with Crippen LogP contribution in [0, 0.1) is 0 Å². The lowest BCUT2D eigenvalue weighted by molar-refractivity contribution is 0.0194. The molecule has 0 radical (unpaired) electrons. The Balaban J connectivity index is 1.83. The molecular weight excluding hydrogens is 214 g/mol. The van der Waals surface area contributed by atoms with E-state index >= 15 is 0 Å². The first-order valence-corrected chi connectivity index (χ1v) is 6.68. The van der Waals surface area contributed by atoms with Crippen LogP contribution in [0.5, 0.6) is 0 Å². The van der Waals surface area contributed by atoms with Crippen molar-refractivity contribution < 1.29 is 4.74 Å². The fourth-order valence-electron chi connectivity index (χ4n) is 2.37. The summed E-state index contributed by atoms with van der Waals surface area (Å²) in [5, 5.41) is 4.24. The summed E-state index contributed by atoms with van der Waals surface area (Å²) >= 11 is 0. The summed E-state index contributed by atoms with van der Waals surface area (Å²) in [5.74, 6) is 0. The predicted molar refractivity (Wildman–Crippen MR) is 67.5 cm³/mol. The molecule has 1 heterocycles. The summed E-state index contributed by atoms with van der Waals surface area (Å²) in [6.45, 7) is 3.63. The molecule has 96 valence electrons. The minimum atomic E-state index is 0.207. The van der Waals surface area contributed by atoms with Crippen molar-refractivity contribution in [3.63, 3.8) is 0 Å². The van der Waals surface area contributed by atoms with Gasteiger partial charge in [0.05, 0.1) is 18.9 Å². The average Bonchev–Trinajstić information content (AvgIpc) is 2.70. The molecule has 0 saturated heterocycles. The van der Waals surface area contributed by atoms with Gasteiger partial charge in [0.1, 0.15) is 0 Å². The van der Waals surface area contributed by atoms with Crippen molar-refractivity contribution in [2.24, 2.45) is 5.73 Å². The third kappa shape index (κ3) is 3.54. The second-order valence-corrected chi connectivity index (χ2v) is 4.86. The van der Waals surface area contributed by atoms with Gasteiger partial charge >= 0.3 is 0 Å². The molecule has 2 N–H and O–H groups in total. The fourth-order valence-corrected chi connectivity index (χ4v) is 2.37. The second-order valence-electron chi connectivity index (χ2n) is 4.86. The quantitative estimate of drug-likeness (QED) is 0.816. The van der Waals surface area contributed by atoms with E-state index in [4.69, 9.17) is 10.5 Å². The van der Waals surface area contributed by atoms with Gasteiger partial charge in [-0.1, -0.05) is 19.3 Å². The molecule has 0 spiro atoms. The zero-order valence-electron chi connectivity index (χ0n) is 10.6. The molecule has 1 saturated carbocycles. The van der Waals surface area contributed by atoms with Crippen LogP contribution in [-0.4, -0.2) is 21.9 Å². The number of rotatable bonds is 4. The highest BCUT2D eigenvalue weighted by molar-refractivity contribution is 5.02. The fraction of sp³-hybridized carbons (Fsp3) is 0.769. The molecule has 1 fully saturated rings. The van der Waals surface area contributed by atoms with Crippen molar-refractivity contribution in [1.29, 1.82) is 0 Å². The first-order valence-electron chi connectivity index (χ1n) is 6.68. The van der Waals surface area contributed by atoms with Crippen molar-refractivity contribution in [3.05, 3.63) is 18.0 Å². The van der Waals surface area contributed by atoms with Crippen molar-refractivity contribution in [2.75, 3.05) is 0 Å². The Labute approximate surface area is 103 Å². The van der Waals surface area contributed by atoms with E-state index < -0.39 is 0 Å². The molecular formula is C13H23N3O. The minimum Gasteiger partial charge on any atom is -0.372 e. The van der Waals surface area contributed by atoms with Crippen LogP contribution < -0.4 is 5.73 Å². The van der Waals surface area contributed by atoms with Gasteiger partial charge in [-0.3, -0.25) is 4.68 Å². The highest BCUT2D eigenvalue weighted by atomic mass is 16.5. The Morgan fingerprint density at radius 2 is 2.24 bits per heavy atom. The van der Waals surface area contributed by atoms with E-state index in [1.165, 1.54) is 19.3 Å². The van der Waals surface area contributed by atoms with Gasteiger partial charge in [-0.05, 0) is 19.8 Å². The van der Waals surface area contributed by atoms with Gasteiger partial charge in [0.2, 0.25) is 0 Å². The van der Waals surface area contributed by atoms with Gasteiger partial charge < -0.3 is 10.5 Å². The maximum Gasteiger partial charge on any atom is 0.0752 e. The number of aryl methyl sites for hydroxylation is 1. The molecule has 0 bridgehead atoms. The van der Waals surface area contributed by atoms with Crippen LogP contribution in [0.25, 0.3) is 0 Å². The van der Waals surface area contributed by atoms with Gasteiger partial charge in [0.25, 0.3) is 0 Å². The van der Waals surface area contributed by atoms with Crippen LogP contribution in [0.2, 0.25) is 0 Å². The maximum absolute atomic E-state index is 6.13. The Morgan fingerprint density at radius 3 is 3.00 bits per heavy atom. The van der Waals surface area contributed by atoms with Gasteiger partial charge in [-0.25, -0.2) is 0 Å². The van der Waals surface area contributed by atoms with E-state index in [1.54, 1.807) is 0 Å². The summed E-state index contributed by atoms with van der Waals surface area (Å²) in [6, 6.07) is 0.207. The Morgan fingerprint density at radius 1 is 1.41 bits per heavy atom. The van der Waals surface area contributed by atoms with Crippen molar-refractivity contribution in [2.45, 2.75) is 64.3 Å². The summed E-state index contributed by atoms with van der Waals surface area (Å²) in [4.78, 5) is 0. The molecule has 2 atom stereocenters. The number of nitrogens with two attached hydrogens (primary N) is 1. The van der Waals surface area contributed by atoms with Crippen LogP contribution in [0.4, 0.5) is 0 Å². The van der Waals surface area contributed by atoms with E-state index in [0.717, 1.165) is 24.9 Å². The third-order valence-electron chi connectivity index (χ3n) is 3.48. The van der Waals surface area contributed by atoms with Crippen LogP contribution in [-0.2, 0) is 17.9 Å². The van der Waals surface area contributed by atoms with Crippen molar-refractivity contribution >= 4 is 0 Å². The van der Waals surface area contributed by atoms with Gasteiger partial charge in [0.15, 0.2) is 0 Å². The minimum absolute atomic E-state index is 0.207. The molecule has 4 heteroatoms. The standard InChI is InChI=1S/C13H23N3O/c1-2-16-9-11(8-15-16)10-17-13-7-5-3-4-6-12(13)14/h8-9,12-13H,2-7,10,14H2,1H3. The monoisotopic (exact) mass is 237 g/mol. The molecule has 0 aliphatic heterocycles. The first kappa shape index (κ1) is 12.6. The first-order chi connectivity index (χ1) is 8.29. The molecule has 4 nitrogen and oxygen atoms in total. The van der Waals surface area contributed by atoms with E-state index in [-0.39, 0.29) is 12.1 Å². The van der Waals surface area contributed by atoms with Crippen molar-refractivity contribution in [1.82, 2.24) is 9.78 Å². The lowest BCUT2D eigenvalue weighted by Crippen LogP contribution is -2.35. The summed E-state index contributed by atoms with van der Waals surface area (Å²) in [5.41, 5.74) is 7.27. The molecule has 2 unspecified atom stereocenters. The van der Waals surface area contributed by atoms with Crippen LogP contribution in [0.15, 0.2) is 12.4 Å². The zero-order chi connectivity index (χ0) is 12.1. The molecule has 0 amide bonds. The Kier molecular flexibility index (Phi) is 4.57. The topological polar surface area (TPSA) is 53.1 Å². The number of hydrogen-bond acceptors (Lipinski definition) is 3. The lowest BCUT2D eigenvalue weighted by Gasteiger charge is -2.21. The number of hydrogen-bond donors (Lipinski definition) is 1. The molecule has 1 aliphatic rings. The number of aromatic nitrogens is 2. The predicted octanol–water partition coefficient (Wildman–Crippen LogP) is 2.08. The molecule has 17 heavy (non-hydrogen) atoms. The largest absolute Gasteiger partial charge is 0.372 e. The van der Waals surface area contributed by atoms with Crippen LogP contribution in [0.3, 0.4) is 0 Å². The molecule has 2 rings (SSSR count). The van der Waals surface area contributed by atoms with Crippen LogP contribution >= 0.6 is 0 Å². The summed E-state index contributed by atoms with van der Waals surface area (Å²) in [7, 11) is 0. The van der Waals surface area contributed by atoms with E-state index in [0.29, 0.717) is 6.61 Å². The molecule has 1 aliphatic carbocycles. The Bertz CT molecular complexity index is 337. The average molecular weight is 237 g/mol. The normalized spacial score (nSPS) is 25.8. The number of ether oxygens (including phenoxy) is 1. The smallest absolute Gasteiger partial charge is 0.0752 e. The van der Waals surface area contributed by atoms with Gasteiger partial charge in [0, 0.05) is 24.3 Å². The Hall–Kier alpha value is -0.870. The molecule has 0 aromatic carbocycles.